The van der Waals surface area contributed by atoms with Gasteiger partial charge in [-0.15, -0.1) is 11.3 Å². The van der Waals surface area contributed by atoms with Crippen molar-refractivity contribution in [2.75, 3.05) is 0 Å². The van der Waals surface area contributed by atoms with Crippen LogP contribution in [-0.4, -0.2) is 4.98 Å². The summed E-state index contributed by atoms with van der Waals surface area (Å²) in [5, 5.41) is 1.04. The fourth-order valence-electron chi connectivity index (χ4n) is 3.07. The quantitative estimate of drug-likeness (QED) is 0.435. The van der Waals surface area contributed by atoms with Crippen molar-refractivity contribution in [3.05, 3.63) is 63.5 Å². The number of aromatic nitrogens is 1. The summed E-state index contributed by atoms with van der Waals surface area (Å²) < 4.78 is 38.1. The molecule has 4 rings (SSSR count). The number of rotatable bonds is 1. The van der Waals surface area contributed by atoms with Crippen molar-refractivity contribution >= 4 is 11.3 Å². The van der Waals surface area contributed by atoms with E-state index in [0.717, 1.165) is 51.5 Å². The first-order valence-corrected chi connectivity index (χ1v) is 8.01. The third kappa shape index (κ3) is 2.36. The summed E-state index contributed by atoms with van der Waals surface area (Å²) in [6, 6.07) is 11.3. The van der Waals surface area contributed by atoms with Gasteiger partial charge in [-0.25, -0.2) is 4.98 Å². The van der Waals surface area contributed by atoms with Gasteiger partial charge < -0.3 is 0 Å². The Hall–Kier alpha value is -2.14. The van der Waals surface area contributed by atoms with E-state index in [4.69, 9.17) is 0 Å². The lowest BCUT2D eigenvalue weighted by Crippen LogP contribution is -2.04. The second-order valence-corrected chi connectivity index (χ2v) is 6.88. The Morgan fingerprint density at radius 2 is 1.70 bits per heavy atom. The summed E-state index contributed by atoms with van der Waals surface area (Å²) in [6.07, 6.45) is -3.50. The molecule has 0 fully saturated rings. The van der Waals surface area contributed by atoms with Crippen LogP contribution in [0.3, 0.4) is 0 Å². The maximum absolute atomic E-state index is 12.7. The third-order valence-electron chi connectivity index (χ3n) is 4.10. The van der Waals surface area contributed by atoms with Gasteiger partial charge in [0.25, 0.3) is 0 Å². The first-order chi connectivity index (χ1) is 10.9. The Morgan fingerprint density at radius 1 is 1.00 bits per heavy atom. The van der Waals surface area contributed by atoms with Crippen molar-refractivity contribution in [2.45, 2.75) is 19.5 Å². The summed E-state index contributed by atoms with van der Waals surface area (Å²) in [4.78, 5) is 5.82. The third-order valence-corrected chi connectivity index (χ3v) is 5.07. The van der Waals surface area contributed by atoms with Crippen LogP contribution in [0.25, 0.3) is 22.4 Å². The molecule has 0 spiro atoms. The highest BCUT2D eigenvalue weighted by Gasteiger charge is 2.30. The van der Waals surface area contributed by atoms with Crippen molar-refractivity contribution in [2.24, 2.45) is 0 Å². The molecule has 0 bridgehead atoms. The van der Waals surface area contributed by atoms with Gasteiger partial charge >= 0.3 is 6.18 Å². The Kier molecular flexibility index (Phi) is 3.10. The molecule has 116 valence electrons. The molecule has 0 amide bonds. The normalized spacial score (nSPS) is 13.0. The van der Waals surface area contributed by atoms with Gasteiger partial charge in [-0.3, -0.25) is 0 Å². The van der Waals surface area contributed by atoms with Crippen molar-refractivity contribution < 1.29 is 13.2 Å². The summed E-state index contributed by atoms with van der Waals surface area (Å²) in [5.74, 6) is 0. The highest BCUT2D eigenvalue weighted by atomic mass is 32.1. The SMILES string of the molecule is Cc1nc2c(s1)Cc1c(-c3ccc(C(F)(F)F)cc3)cccc1-2. The number of benzene rings is 2. The van der Waals surface area contributed by atoms with E-state index in [2.05, 4.69) is 4.98 Å². The number of hydrogen-bond donors (Lipinski definition) is 0. The molecule has 0 saturated carbocycles. The van der Waals surface area contributed by atoms with Gasteiger partial charge in [-0.1, -0.05) is 30.3 Å². The topological polar surface area (TPSA) is 12.9 Å². The number of alkyl halides is 3. The lowest BCUT2D eigenvalue weighted by Gasteiger charge is -2.11. The molecule has 1 aliphatic rings. The number of thiazole rings is 1. The number of fused-ring (bicyclic) bond motifs is 3. The van der Waals surface area contributed by atoms with E-state index in [9.17, 15) is 13.2 Å². The van der Waals surface area contributed by atoms with Gasteiger partial charge in [0.05, 0.1) is 16.3 Å². The molecule has 0 atom stereocenters. The molecule has 23 heavy (non-hydrogen) atoms. The lowest BCUT2D eigenvalue weighted by molar-refractivity contribution is -0.137. The van der Waals surface area contributed by atoms with E-state index < -0.39 is 11.7 Å². The molecule has 1 aromatic heterocycles. The summed E-state index contributed by atoms with van der Waals surface area (Å²) >= 11 is 1.68. The van der Waals surface area contributed by atoms with Gasteiger partial charge in [0.2, 0.25) is 0 Å². The van der Waals surface area contributed by atoms with Crippen LogP contribution in [0.5, 0.6) is 0 Å². The summed E-state index contributed by atoms with van der Waals surface area (Å²) in [7, 11) is 0. The van der Waals surface area contributed by atoms with Crippen LogP contribution in [0, 0.1) is 6.92 Å². The zero-order valence-electron chi connectivity index (χ0n) is 12.2. The van der Waals surface area contributed by atoms with E-state index >= 15 is 0 Å². The second kappa shape index (κ2) is 4.93. The molecule has 3 aromatic rings. The lowest BCUT2D eigenvalue weighted by atomic mass is 9.95. The Labute approximate surface area is 135 Å². The Bertz CT molecular complexity index is 892. The number of hydrogen-bond acceptors (Lipinski definition) is 2. The van der Waals surface area contributed by atoms with Crippen LogP contribution < -0.4 is 0 Å². The van der Waals surface area contributed by atoms with Crippen molar-refractivity contribution in [3.63, 3.8) is 0 Å². The molecule has 1 heterocycles. The Morgan fingerprint density at radius 3 is 2.39 bits per heavy atom. The minimum atomic E-state index is -4.30. The fraction of sp³-hybridized carbons (Fsp3) is 0.167. The van der Waals surface area contributed by atoms with Gasteiger partial charge in [0, 0.05) is 16.9 Å². The monoisotopic (exact) mass is 331 g/mol. The van der Waals surface area contributed by atoms with E-state index in [1.54, 1.807) is 23.5 Å². The van der Waals surface area contributed by atoms with Crippen LogP contribution in [0.4, 0.5) is 13.2 Å². The zero-order valence-corrected chi connectivity index (χ0v) is 13.1. The maximum Gasteiger partial charge on any atom is 0.416 e. The fourth-order valence-corrected chi connectivity index (χ4v) is 4.03. The zero-order chi connectivity index (χ0) is 16.2. The van der Waals surface area contributed by atoms with Crippen molar-refractivity contribution in [1.82, 2.24) is 4.98 Å². The Balaban J connectivity index is 1.79. The summed E-state index contributed by atoms with van der Waals surface area (Å²) in [5.41, 5.74) is 4.45. The number of halogens is 3. The molecular weight excluding hydrogens is 319 g/mol. The molecule has 1 nitrogen and oxygen atoms in total. The van der Waals surface area contributed by atoms with Crippen molar-refractivity contribution in [3.8, 4) is 22.4 Å². The molecular formula is C18H12F3NS. The van der Waals surface area contributed by atoms with Crippen LogP contribution >= 0.6 is 11.3 Å². The molecule has 2 aromatic carbocycles. The molecule has 0 N–H and O–H groups in total. The molecule has 0 radical (unpaired) electrons. The van der Waals surface area contributed by atoms with E-state index in [0.29, 0.717) is 0 Å². The minimum absolute atomic E-state index is 0.620. The van der Waals surface area contributed by atoms with Crippen LogP contribution in [0.2, 0.25) is 0 Å². The molecule has 0 unspecified atom stereocenters. The van der Waals surface area contributed by atoms with Crippen LogP contribution in [0.15, 0.2) is 42.5 Å². The standard InChI is InChI=1S/C18H12F3NS/c1-10-22-17-14-4-2-3-13(15(14)9-16(17)23-10)11-5-7-12(8-6-11)18(19,20)21/h2-8H,9H2,1H3. The molecule has 5 heteroatoms. The van der Waals surface area contributed by atoms with Crippen molar-refractivity contribution in [1.29, 1.82) is 0 Å². The van der Waals surface area contributed by atoms with E-state index in [1.807, 2.05) is 25.1 Å². The predicted octanol–water partition coefficient (Wildman–Crippen LogP) is 5.71. The predicted molar refractivity (Wildman–Crippen MR) is 85.5 cm³/mol. The summed E-state index contributed by atoms with van der Waals surface area (Å²) in [6.45, 7) is 1.99. The highest BCUT2D eigenvalue weighted by molar-refractivity contribution is 7.12. The van der Waals surface area contributed by atoms with E-state index in [-0.39, 0.29) is 0 Å². The van der Waals surface area contributed by atoms with E-state index in [1.165, 1.54) is 4.88 Å². The van der Waals surface area contributed by atoms with Gasteiger partial charge in [-0.05, 0) is 35.7 Å². The number of aryl methyl sites for hydroxylation is 1. The maximum atomic E-state index is 12.7. The van der Waals surface area contributed by atoms with Crippen LogP contribution in [-0.2, 0) is 12.6 Å². The average Bonchev–Trinajstić information content (AvgIpc) is 3.02. The average molecular weight is 331 g/mol. The van der Waals surface area contributed by atoms with Crippen LogP contribution in [0.1, 0.15) is 21.0 Å². The van der Waals surface area contributed by atoms with Gasteiger partial charge in [0.15, 0.2) is 0 Å². The first kappa shape index (κ1) is 14.5. The largest absolute Gasteiger partial charge is 0.416 e. The second-order valence-electron chi connectivity index (χ2n) is 5.59. The first-order valence-electron chi connectivity index (χ1n) is 7.19. The molecule has 0 saturated heterocycles. The number of nitrogens with zero attached hydrogens (tertiary/aromatic N) is 1. The molecule has 0 aliphatic heterocycles. The smallest absolute Gasteiger partial charge is 0.241 e. The highest BCUT2D eigenvalue weighted by Crippen LogP contribution is 2.43. The van der Waals surface area contributed by atoms with Gasteiger partial charge in [0.1, 0.15) is 0 Å². The van der Waals surface area contributed by atoms with Gasteiger partial charge in [-0.2, -0.15) is 13.2 Å². The minimum Gasteiger partial charge on any atom is -0.241 e. The molecule has 1 aliphatic carbocycles.